The van der Waals surface area contributed by atoms with Crippen molar-refractivity contribution in [1.29, 1.82) is 0 Å². The van der Waals surface area contributed by atoms with E-state index < -0.39 is 0 Å². The number of morpholine rings is 1. The van der Waals surface area contributed by atoms with Crippen LogP contribution in [0.2, 0.25) is 0 Å². The fourth-order valence-electron chi connectivity index (χ4n) is 5.12. The lowest BCUT2D eigenvalue weighted by atomic mass is 9.98. The van der Waals surface area contributed by atoms with Gasteiger partial charge in [0, 0.05) is 46.3 Å². The Bertz CT molecular complexity index is 666. The third kappa shape index (κ3) is 5.11. The highest BCUT2D eigenvalue weighted by Gasteiger charge is 2.41. The highest BCUT2D eigenvalue weighted by molar-refractivity contribution is 5.80. The Morgan fingerprint density at radius 2 is 2.03 bits per heavy atom. The van der Waals surface area contributed by atoms with Crippen molar-refractivity contribution in [2.45, 2.75) is 38.5 Å². The van der Waals surface area contributed by atoms with Gasteiger partial charge in [-0.2, -0.15) is 0 Å². The van der Waals surface area contributed by atoms with Crippen molar-refractivity contribution < 1.29 is 4.74 Å². The van der Waals surface area contributed by atoms with Crippen LogP contribution >= 0.6 is 0 Å². The molecule has 0 aliphatic carbocycles. The molecule has 0 spiro atoms. The maximum absolute atomic E-state index is 6.15. The summed E-state index contributed by atoms with van der Waals surface area (Å²) in [5, 5.41) is 3.68. The minimum absolute atomic E-state index is 0.274. The van der Waals surface area contributed by atoms with Gasteiger partial charge in [0.2, 0.25) is 0 Å². The third-order valence-electron chi connectivity index (χ3n) is 6.76. The van der Waals surface area contributed by atoms with Gasteiger partial charge in [-0.25, -0.2) is 0 Å². The molecular formula is C23H37N5O. The maximum atomic E-state index is 6.15. The Hall–Kier alpha value is -1.63. The minimum atomic E-state index is 0.274. The second-order valence-electron chi connectivity index (χ2n) is 8.67. The van der Waals surface area contributed by atoms with Crippen LogP contribution in [-0.4, -0.2) is 92.3 Å². The molecule has 6 nitrogen and oxygen atoms in total. The molecule has 0 aromatic heterocycles. The van der Waals surface area contributed by atoms with Crippen LogP contribution in [0.1, 0.15) is 25.3 Å². The first-order valence-electron chi connectivity index (χ1n) is 11.3. The van der Waals surface area contributed by atoms with Crippen LogP contribution in [0.5, 0.6) is 0 Å². The molecule has 0 saturated carbocycles. The molecule has 3 heterocycles. The summed E-state index contributed by atoms with van der Waals surface area (Å²) >= 11 is 0. The number of rotatable bonds is 5. The molecule has 3 unspecified atom stereocenters. The van der Waals surface area contributed by atoms with E-state index in [2.05, 4.69) is 62.3 Å². The Morgan fingerprint density at radius 3 is 2.83 bits per heavy atom. The fourth-order valence-corrected chi connectivity index (χ4v) is 5.12. The summed E-state index contributed by atoms with van der Waals surface area (Å²) in [6.07, 6.45) is 2.91. The summed E-state index contributed by atoms with van der Waals surface area (Å²) in [6, 6.07) is 11.2. The molecule has 3 aliphatic heterocycles. The Kier molecular flexibility index (Phi) is 7.06. The molecular weight excluding hydrogens is 362 g/mol. The molecule has 29 heavy (non-hydrogen) atoms. The zero-order valence-corrected chi connectivity index (χ0v) is 18.1. The average molecular weight is 400 g/mol. The molecule has 0 radical (unpaired) electrons. The first-order chi connectivity index (χ1) is 14.3. The third-order valence-corrected chi connectivity index (χ3v) is 6.76. The van der Waals surface area contributed by atoms with E-state index >= 15 is 0 Å². The SMILES string of the molecule is CCN1CCCC(CNC(=NC)N2CC3OCCN(Cc4ccccc4)C3C2)C1. The summed E-state index contributed by atoms with van der Waals surface area (Å²) < 4.78 is 6.15. The number of piperidine rings is 1. The van der Waals surface area contributed by atoms with Crippen LogP contribution in [-0.2, 0) is 11.3 Å². The summed E-state index contributed by atoms with van der Waals surface area (Å²) in [4.78, 5) is 12.2. The molecule has 3 aliphatic rings. The van der Waals surface area contributed by atoms with Crippen molar-refractivity contribution in [2.75, 3.05) is 59.5 Å². The summed E-state index contributed by atoms with van der Waals surface area (Å²) in [7, 11) is 1.91. The maximum Gasteiger partial charge on any atom is 0.193 e. The standard InChI is InChI=1S/C23H37N5O/c1-3-26-11-7-10-20(15-26)14-25-23(24-2)28-17-21-22(18-28)29-13-12-27(21)16-19-8-5-4-6-9-19/h4-6,8-9,20-22H,3,7,10-18H2,1-2H3,(H,24,25). The fraction of sp³-hybridized carbons (Fsp3) is 0.696. The van der Waals surface area contributed by atoms with Gasteiger partial charge >= 0.3 is 0 Å². The highest BCUT2D eigenvalue weighted by atomic mass is 16.5. The number of likely N-dealkylation sites (tertiary alicyclic amines) is 2. The van der Waals surface area contributed by atoms with E-state index in [0.29, 0.717) is 6.04 Å². The number of guanidine groups is 1. The highest BCUT2D eigenvalue weighted by Crippen LogP contribution is 2.25. The van der Waals surface area contributed by atoms with E-state index in [4.69, 9.17) is 4.74 Å². The summed E-state index contributed by atoms with van der Waals surface area (Å²) in [6.45, 7) is 11.7. The molecule has 1 aromatic carbocycles. The van der Waals surface area contributed by atoms with Crippen molar-refractivity contribution in [3.8, 4) is 0 Å². The number of hydrogen-bond donors (Lipinski definition) is 1. The zero-order chi connectivity index (χ0) is 20.1. The largest absolute Gasteiger partial charge is 0.373 e. The van der Waals surface area contributed by atoms with Crippen LogP contribution in [0.4, 0.5) is 0 Å². The predicted molar refractivity (Wildman–Crippen MR) is 118 cm³/mol. The number of hydrogen-bond acceptors (Lipinski definition) is 4. The van der Waals surface area contributed by atoms with E-state index in [1.165, 1.54) is 31.5 Å². The number of ether oxygens (including phenoxy) is 1. The van der Waals surface area contributed by atoms with Crippen LogP contribution in [0, 0.1) is 5.92 Å². The number of nitrogens with one attached hydrogen (secondary N) is 1. The van der Waals surface area contributed by atoms with E-state index in [1.54, 1.807) is 0 Å². The quantitative estimate of drug-likeness (QED) is 0.605. The average Bonchev–Trinajstić information content (AvgIpc) is 3.20. The van der Waals surface area contributed by atoms with E-state index in [0.717, 1.165) is 57.8 Å². The lowest BCUT2D eigenvalue weighted by Crippen LogP contribution is -2.50. The van der Waals surface area contributed by atoms with E-state index in [9.17, 15) is 0 Å². The minimum Gasteiger partial charge on any atom is -0.373 e. The molecule has 4 rings (SSSR count). The number of nitrogens with zero attached hydrogens (tertiary/aromatic N) is 4. The summed E-state index contributed by atoms with van der Waals surface area (Å²) in [5.41, 5.74) is 1.38. The smallest absolute Gasteiger partial charge is 0.193 e. The molecule has 6 heteroatoms. The molecule has 1 N–H and O–H groups in total. The lowest BCUT2D eigenvalue weighted by Gasteiger charge is -2.36. The van der Waals surface area contributed by atoms with Crippen LogP contribution < -0.4 is 5.32 Å². The van der Waals surface area contributed by atoms with Crippen molar-refractivity contribution in [3.05, 3.63) is 35.9 Å². The topological polar surface area (TPSA) is 43.3 Å². The molecule has 1 aromatic rings. The van der Waals surface area contributed by atoms with Crippen LogP contribution in [0.15, 0.2) is 35.3 Å². The normalized spacial score (nSPS) is 29.1. The van der Waals surface area contributed by atoms with Gasteiger partial charge in [-0.15, -0.1) is 0 Å². The van der Waals surface area contributed by atoms with Gasteiger partial charge in [0.05, 0.1) is 18.8 Å². The van der Waals surface area contributed by atoms with Gasteiger partial charge in [0.1, 0.15) is 0 Å². The van der Waals surface area contributed by atoms with E-state index in [1.807, 2.05) is 7.05 Å². The van der Waals surface area contributed by atoms with Crippen molar-refractivity contribution in [2.24, 2.45) is 10.9 Å². The van der Waals surface area contributed by atoms with Crippen LogP contribution in [0.25, 0.3) is 0 Å². The predicted octanol–water partition coefficient (Wildman–Crippen LogP) is 1.88. The summed E-state index contributed by atoms with van der Waals surface area (Å²) in [5.74, 6) is 1.76. The zero-order valence-electron chi connectivity index (χ0n) is 18.1. The first-order valence-corrected chi connectivity index (χ1v) is 11.3. The van der Waals surface area contributed by atoms with Crippen LogP contribution in [0.3, 0.4) is 0 Å². The second-order valence-corrected chi connectivity index (χ2v) is 8.67. The number of aliphatic imine (C=N–C) groups is 1. The molecule has 3 fully saturated rings. The second kappa shape index (κ2) is 9.92. The van der Waals surface area contributed by atoms with Crippen molar-refractivity contribution in [3.63, 3.8) is 0 Å². The number of fused-ring (bicyclic) bond motifs is 1. The van der Waals surface area contributed by atoms with Gasteiger partial charge in [-0.05, 0) is 37.4 Å². The monoisotopic (exact) mass is 399 g/mol. The Labute approximate surface area is 175 Å². The molecule has 3 atom stereocenters. The molecule has 0 bridgehead atoms. The number of benzene rings is 1. The van der Waals surface area contributed by atoms with Gasteiger partial charge in [0.25, 0.3) is 0 Å². The van der Waals surface area contributed by atoms with Gasteiger partial charge in [-0.1, -0.05) is 37.3 Å². The van der Waals surface area contributed by atoms with Gasteiger partial charge in [0.15, 0.2) is 5.96 Å². The van der Waals surface area contributed by atoms with E-state index in [-0.39, 0.29) is 6.10 Å². The Balaban J connectivity index is 1.33. The lowest BCUT2D eigenvalue weighted by molar-refractivity contribution is -0.0502. The van der Waals surface area contributed by atoms with Gasteiger partial charge in [-0.3, -0.25) is 9.89 Å². The van der Waals surface area contributed by atoms with Gasteiger partial charge < -0.3 is 19.9 Å². The van der Waals surface area contributed by atoms with Crippen molar-refractivity contribution >= 4 is 5.96 Å². The molecule has 3 saturated heterocycles. The molecule has 0 amide bonds. The van der Waals surface area contributed by atoms with Crippen molar-refractivity contribution in [1.82, 2.24) is 20.0 Å². The molecule has 160 valence electrons. The Morgan fingerprint density at radius 1 is 1.17 bits per heavy atom. The first kappa shape index (κ1) is 20.6.